The van der Waals surface area contributed by atoms with Crippen molar-refractivity contribution in [2.45, 2.75) is 45.3 Å². The lowest BCUT2D eigenvalue weighted by atomic mass is 9.88. The molecule has 0 heterocycles. The van der Waals surface area contributed by atoms with Crippen molar-refractivity contribution in [3.05, 3.63) is 29.3 Å². The van der Waals surface area contributed by atoms with Crippen LogP contribution in [0.2, 0.25) is 0 Å². The molecular formula is C13H20ClNO. The normalized spacial score (nSPS) is 18.9. The summed E-state index contributed by atoms with van der Waals surface area (Å²) in [6, 6.07) is 6.52. The van der Waals surface area contributed by atoms with Crippen LogP contribution in [0.25, 0.3) is 0 Å². The molecule has 2 N–H and O–H groups in total. The molecule has 0 amide bonds. The van der Waals surface area contributed by atoms with Crippen molar-refractivity contribution in [3.8, 4) is 5.75 Å². The third kappa shape index (κ3) is 2.89. The second kappa shape index (κ2) is 5.55. The van der Waals surface area contributed by atoms with E-state index in [1.807, 2.05) is 13.8 Å². The summed E-state index contributed by atoms with van der Waals surface area (Å²) in [5.74, 6) is 0.945. The van der Waals surface area contributed by atoms with Crippen LogP contribution in [0.15, 0.2) is 18.2 Å². The number of fused-ring (bicyclic) bond motifs is 1. The summed E-state index contributed by atoms with van der Waals surface area (Å²) in [6.07, 6.45) is 3.68. The number of hydrogen-bond acceptors (Lipinski definition) is 2. The van der Waals surface area contributed by atoms with E-state index in [9.17, 15) is 0 Å². The fourth-order valence-electron chi connectivity index (χ4n) is 2.16. The number of halogens is 1. The van der Waals surface area contributed by atoms with E-state index in [0.29, 0.717) is 0 Å². The second-order valence-electron chi connectivity index (χ2n) is 4.53. The van der Waals surface area contributed by atoms with E-state index in [0.717, 1.165) is 18.6 Å². The quantitative estimate of drug-likeness (QED) is 0.863. The molecule has 0 bridgehead atoms. The summed E-state index contributed by atoms with van der Waals surface area (Å²) in [5, 5.41) is 0. The molecule has 1 aromatic carbocycles. The van der Waals surface area contributed by atoms with Gasteiger partial charge in [0, 0.05) is 6.04 Å². The highest BCUT2D eigenvalue weighted by atomic mass is 35.5. The Morgan fingerprint density at radius 3 is 2.81 bits per heavy atom. The first-order valence-corrected chi connectivity index (χ1v) is 5.72. The lowest BCUT2D eigenvalue weighted by molar-refractivity contribution is 0.242. The molecular weight excluding hydrogens is 222 g/mol. The summed E-state index contributed by atoms with van der Waals surface area (Å²) < 4.78 is 5.67. The van der Waals surface area contributed by atoms with Gasteiger partial charge in [0.25, 0.3) is 0 Å². The van der Waals surface area contributed by atoms with Gasteiger partial charge in [-0.05, 0) is 56.4 Å². The first kappa shape index (κ1) is 13.3. The number of hydrogen-bond donors (Lipinski definition) is 1. The van der Waals surface area contributed by atoms with Crippen LogP contribution in [0.4, 0.5) is 0 Å². The number of nitrogens with two attached hydrogens (primary N) is 1. The first-order valence-electron chi connectivity index (χ1n) is 5.72. The highest BCUT2D eigenvalue weighted by Crippen LogP contribution is 2.31. The number of aryl methyl sites for hydroxylation is 1. The molecule has 1 aliphatic rings. The Labute approximate surface area is 104 Å². The van der Waals surface area contributed by atoms with Crippen LogP contribution in [0.1, 0.15) is 43.9 Å². The molecule has 0 saturated heterocycles. The predicted molar refractivity (Wildman–Crippen MR) is 69.3 cm³/mol. The molecule has 1 aliphatic carbocycles. The highest BCUT2D eigenvalue weighted by Gasteiger charge is 2.17. The molecule has 0 aliphatic heterocycles. The Bertz CT molecular complexity index is 352. The molecule has 90 valence electrons. The van der Waals surface area contributed by atoms with Crippen LogP contribution >= 0.6 is 12.4 Å². The summed E-state index contributed by atoms with van der Waals surface area (Å²) in [5.41, 5.74) is 8.76. The van der Waals surface area contributed by atoms with Crippen molar-refractivity contribution in [2.75, 3.05) is 0 Å². The lowest BCUT2D eigenvalue weighted by Gasteiger charge is -2.23. The van der Waals surface area contributed by atoms with Gasteiger partial charge in [-0.1, -0.05) is 6.07 Å². The number of rotatable bonds is 2. The van der Waals surface area contributed by atoms with Gasteiger partial charge in [0.15, 0.2) is 0 Å². The second-order valence-corrected chi connectivity index (χ2v) is 4.53. The molecule has 0 aromatic heterocycles. The van der Waals surface area contributed by atoms with Crippen LogP contribution in [0.5, 0.6) is 5.75 Å². The maximum atomic E-state index is 6.09. The van der Waals surface area contributed by atoms with Gasteiger partial charge < -0.3 is 10.5 Å². The summed E-state index contributed by atoms with van der Waals surface area (Å²) in [7, 11) is 0. The maximum absolute atomic E-state index is 6.09. The van der Waals surface area contributed by atoms with Crippen LogP contribution in [0, 0.1) is 0 Å². The Morgan fingerprint density at radius 1 is 1.38 bits per heavy atom. The van der Waals surface area contributed by atoms with Gasteiger partial charge in [-0.25, -0.2) is 0 Å². The van der Waals surface area contributed by atoms with Gasteiger partial charge in [0.2, 0.25) is 0 Å². The van der Waals surface area contributed by atoms with Crippen molar-refractivity contribution in [3.63, 3.8) is 0 Å². The van der Waals surface area contributed by atoms with Gasteiger partial charge in [0.05, 0.1) is 6.10 Å². The molecule has 1 aromatic rings. The molecule has 3 heteroatoms. The Hall–Kier alpha value is -0.730. The average molecular weight is 242 g/mol. The minimum absolute atomic E-state index is 0. The van der Waals surface area contributed by atoms with E-state index >= 15 is 0 Å². The molecule has 0 radical (unpaired) electrons. The van der Waals surface area contributed by atoms with E-state index in [1.165, 1.54) is 17.5 Å². The lowest BCUT2D eigenvalue weighted by Crippen LogP contribution is -2.17. The number of ether oxygens (including phenoxy) is 1. The molecule has 0 saturated carbocycles. The predicted octanol–water partition coefficient (Wildman–Crippen LogP) is 3.23. The zero-order valence-corrected chi connectivity index (χ0v) is 10.7. The number of benzene rings is 1. The monoisotopic (exact) mass is 241 g/mol. The van der Waals surface area contributed by atoms with Crippen molar-refractivity contribution in [1.29, 1.82) is 0 Å². The maximum Gasteiger partial charge on any atom is 0.120 e. The summed E-state index contributed by atoms with van der Waals surface area (Å²) >= 11 is 0. The first-order chi connectivity index (χ1) is 7.16. The Kier molecular flexibility index (Phi) is 4.63. The van der Waals surface area contributed by atoms with Crippen LogP contribution < -0.4 is 10.5 Å². The van der Waals surface area contributed by atoms with Crippen molar-refractivity contribution in [2.24, 2.45) is 5.73 Å². The van der Waals surface area contributed by atoms with Gasteiger partial charge in [-0.2, -0.15) is 0 Å². The minimum Gasteiger partial charge on any atom is -0.491 e. The molecule has 1 atom stereocenters. The third-order valence-corrected chi connectivity index (χ3v) is 2.85. The van der Waals surface area contributed by atoms with Crippen molar-refractivity contribution < 1.29 is 4.74 Å². The van der Waals surface area contributed by atoms with Crippen molar-refractivity contribution >= 4 is 12.4 Å². The molecule has 16 heavy (non-hydrogen) atoms. The fourth-order valence-corrected chi connectivity index (χ4v) is 2.16. The molecule has 2 rings (SSSR count). The topological polar surface area (TPSA) is 35.2 Å². The molecule has 2 nitrogen and oxygen atoms in total. The molecule has 1 unspecified atom stereocenters. The highest BCUT2D eigenvalue weighted by molar-refractivity contribution is 5.85. The van der Waals surface area contributed by atoms with E-state index in [4.69, 9.17) is 10.5 Å². The molecule has 0 fully saturated rings. The SMILES string of the molecule is CC(C)Oc1ccc2c(c1)C(N)CCC2.Cl. The zero-order chi connectivity index (χ0) is 10.8. The van der Waals surface area contributed by atoms with E-state index < -0.39 is 0 Å². The smallest absolute Gasteiger partial charge is 0.120 e. The largest absolute Gasteiger partial charge is 0.491 e. The van der Waals surface area contributed by atoms with Crippen LogP contribution in [0.3, 0.4) is 0 Å². The van der Waals surface area contributed by atoms with Gasteiger partial charge >= 0.3 is 0 Å². The average Bonchev–Trinajstić information content (AvgIpc) is 2.18. The fraction of sp³-hybridized carbons (Fsp3) is 0.538. The van der Waals surface area contributed by atoms with Gasteiger partial charge in [0.1, 0.15) is 5.75 Å². The van der Waals surface area contributed by atoms with Crippen molar-refractivity contribution in [1.82, 2.24) is 0 Å². The Morgan fingerprint density at radius 2 is 2.12 bits per heavy atom. The van der Waals surface area contributed by atoms with Gasteiger partial charge in [-0.15, -0.1) is 12.4 Å². The zero-order valence-electron chi connectivity index (χ0n) is 9.90. The standard InChI is InChI=1S/C13H19NO.ClH/c1-9(2)15-11-7-6-10-4-3-5-13(14)12(10)8-11;/h6-9,13H,3-5,14H2,1-2H3;1H. The van der Waals surface area contributed by atoms with Gasteiger partial charge in [-0.3, -0.25) is 0 Å². The Balaban J connectivity index is 0.00000128. The van der Waals surface area contributed by atoms with Crippen LogP contribution in [-0.2, 0) is 6.42 Å². The summed E-state index contributed by atoms with van der Waals surface area (Å²) in [4.78, 5) is 0. The minimum atomic E-state index is 0. The third-order valence-electron chi connectivity index (χ3n) is 2.85. The summed E-state index contributed by atoms with van der Waals surface area (Å²) in [6.45, 7) is 4.08. The van der Waals surface area contributed by atoms with Crippen LogP contribution in [-0.4, -0.2) is 6.10 Å². The van der Waals surface area contributed by atoms with E-state index in [-0.39, 0.29) is 24.6 Å². The molecule has 0 spiro atoms. The van der Waals surface area contributed by atoms with E-state index in [2.05, 4.69) is 18.2 Å². The van der Waals surface area contributed by atoms with E-state index in [1.54, 1.807) is 0 Å².